The fourth-order valence-electron chi connectivity index (χ4n) is 2.79. The highest BCUT2D eigenvalue weighted by atomic mass is 16.5. The van der Waals surface area contributed by atoms with Crippen molar-refractivity contribution in [3.63, 3.8) is 0 Å². The van der Waals surface area contributed by atoms with E-state index in [1.54, 1.807) is 28.4 Å². The van der Waals surface area contributed by atoms with Crippen LogP contribution in [0, 0.1) is 5.92 Å². The maximum atomic E-state index is 11.6. The topological polar surface area (TPSA) is 54.0 Å². The van der Waals surface area contributed by atoms with E-state index in [0.29, 0.717) is 35.8 Å². The van der Waals surface area contributed by atoms with Crippen LogP contribution in [-0.2, 0) is 17.6 Å². The lowest BCUT2D eigenvalue weighted by Gasteiger charge is -2.14. The monoisotopic (exact) mass is 344 g/mol. The van der Waals surface area contributed by atoms with E-state index in [2.05, 4.69) is 0 Å². The Kier molecular flexibility index (Phi) is 6.69. The lowest BCUT2D eigenvalue weighted by molar-refractivity contribution is -0.111. The number of hydrogen-bond donors (Lipinski definition) is 0. The van der Waals surface area contributed by atoms with Gasteiger partial charge < -0.3 is 23.7 Å². The molecule has 134 valence electrons. The first-order chi connectivity index (χ1) is 12.1. The summed E-state index contributed by atoms with van der Waals surface area (Å²) in [6.45, 7) is 0. The van der Waals surface area contributed by atoms with Crippen molar-refractivity contribution >= 4 is 6.29 Å². The van der Waals surface area contributed by atoms with E-state index in [-0.39, 0.29) is 5.92 Å². The summed E-state index contributed by atoms with van der Waals surface area (Å²) >= 11 is 0. The molecule has 2 aromatic carbocycles. The van der Waals surface area contributed by atoms with Crippen LogP contribution in [0.4, 0.5) is 0 Å². The minimum absolute atomic E-state index is 0.142. The van der Waals surface area contributed by atoms with Gasteiger partial charge in [-0.05, 0) is 48.2 Å². The molecule has 0 heterocycles. The van der Waals surface area contributed by atoms with Gasteiger partial charge in [0.2, 0.25) is 0 Å². The van der Waals surface area contributed by atoms with Crippen LogP contribution >= 0.6 is 0 Å². The molecule has 0 N–H and O–H groups in total. The Labute approximate surface area is 148 Å². The second kappa shape index (κ2) is 8.97. The summed E-state index contributed by atoms with van der Waals surface area (Å²) < 4.78 is 21.1. The summed E-state index contributed by atoms with van der Waals surface area (Å²) in [6.07, 6.45) is 2.24. The Morgan fingerprint density at radius 1 is 0.720 bits per heavy atom. The van der Waals surface area contributed by atoms with Gasteiger partial charge in [-0.15, -0.1) is 0 Å². The first kappa shape index (κ1) is 18.6. The van der Waals surface area contributed by atoms with Crippen LogP contribution < -0.4 is 18.9 Å². The Morgan fingerprint density at radius 2 is 1.12 bits per heavy atom. The average Bonchev–Trinajstić information content (AvgIpc) is 2.66. The second-order valence-electron chi connectivity index (χ2n) is 5.68. The number of aldehydes is 1. The fourth-order valence-corrected chi connectivity index (χ4v) is 2.79. The highest BCUT2D eigenvalue weighted by Gasteiger charge is 2.14. The predicted molar refractivity (Wildman–Crippen MR) is 96.1 cm³/mol. The highest BCUT2D eigenvalue weighted by molar-refractivity contribution is 5.56. The minimum atomic E-state index is -0.142. The van der Waals surface area contributed by atoms with Crippen molar-refractivity contribution in [3.05, 3.63) is 47.5 Å². The zero-order chi connectivity index (χ0) is 18.2. The molecule has 5 nitrogen and oxygen atoms in total. The van der Waals surface area contributed by atoms with Gasteiger partial charge in [0, 0.05) is 5.92 Å². The molecule has 0 fully saturated rings. The van der Waals surface area contributed by atoms with Gasteiger partial charge in [0.25, 0.3) is 0 Å². The normalized spacial score (nSPS) is 10.4. The van der Waals surface area contributed by atoms with Gasteiger partial charge in [0.05, 0.1) is 28.4 Å². The molecule has 0 amide bonds. The summed E-state index contributed by atoms with van der Waals surface area (Å²) in [4.78, 5) is 11.6. The quantitative estimate of drug-likeness (QED) is 0.653. The molecule has 5 heteroatoms. The lowest BCUT2D eigenvalue weighted by Crippen LogP contribution is -2.10. The van der Waals surface area contributed by atoms with Crippen molar-refractivity contribution in [1.82, 2.24) is 0 Å². The third kappa shape index (κ3) is 4.66. The predicted octanol–water partition coefficient (Wildman–Crippen LogP) is 3.32. The van der Waals surface area contributed by atoms with Crippen LogP contribution in [0.2, 0.25) is 0 Å². The first-order valence-corrected chi connectivity index (χ1v) is 8.02. The Morgan fingerprint density at radius 3 is 1.44 bits per heavy atom. The van der Waals surface area contributed by atoms with Crippen molar-refractivity contribution < 1.29 is 23.7 Å². The van der Waals surface area contributed by atoms with Gasteiger partial charge >= 0.3 is 0 Å². The molecule has 0 unspecified atom stereocenters. The van der Waals surface area contributed by atoms with Gasteiger partial charge in [-0.1, -0.05) is 12.1 Å². The van der Waals surface area contributed by atoms with E-state index >= 15 is 0 Å². The van der Waals surface area contributed by atoms with Crippen LogP contribution in [0.5, 0.6) is 23.0 Å². The maximum absolute atomic E-state index is 11.6. The fraction of sp³-hybridized carbons (Fsp3) is 0.350. The molecule has 0 atom stereocenters. The lowest BCUT2D eigenvalue weighted by atomic mass is 9.93. The van der Waals surface area contributed by atoms with E-state index in [1.165, 1.54) is 0 Å². The molecule has 0 saturated carbocycles. The van der Waals surface area contributed by atoms with Crippen LogP contribution in [0.25, 0.3) is 0 Å². The van der Waals surface area contributed by atoms with Crippen molar-refractivity contribution in [2.75, 3.05) is 28.4 Å². The Bertz CT molecular complexity index is 654. The molecule has 0 aliphatic rings. The summed E-state index contributed by atoms with van der Waals surface area (Å²) in [7, 11) is 6.40. The summed E-state index contributed by atoms with van der Waals surface area (Å²) in [5, 5.41) is 0. The number of methoxy groups -OCH3 is 4. The number of rotatable bonds is 9. The van der Waals surface area contributed by atoms with Crippen molar-refractivity contribution in [3.8, 4) is 23.0 Å². The highest BCUT2D eigenvalue weighted by Crippen LogP contribution is 2.30. The number of carbonyl (C=O) groups excluding carboxylic acids is 1. The third-order valence-corrected chi connectivity index (χ3v) is 4.08. The third-order valence-electron chi connectivity index (χ3n) is 4.08. The molecule has 0 aromatic heterocycles. The standard InChI is InChI=1S/C20H24O5/c1-22-17-7-5-14(11-19(17)24-3)9-16(13-21)10-15-6-8-18(23-2)20(12-15)25-4/h5-8,11-13,16H,9-10H2,1-4H3. The minimum Gasteiger partial charge on any atom is -0.493 e. The van der Waals surface area contributed by atoms with Crippen LogP contribution in [0.1, 0.15) is 11.1 Å². The Hall–Kier alpha value is -2.69. The second-order valence-corrected chi connectivity index (χ2v) is 5.68. The number of carbonyl (C=O) groups is 1. The molecule has 2 rings (SSSR count). The van der Waals surface area contributed by atoms with Crippen molar-refractivity contribution in [1.29, 1.82) is 0 Å². The first-order valence-electron chi connectivity index (χ1n) is 8.02. The molecular formula is C20H24O5. The van der Waals surface area contributed by atoms with Gasteiger partial charge in [-0.3, -0.25) is 0 Å². The van der Waals surface area contributed by atoms with Crippen molar-refractivity contribution in [2.24, 2.45) is 5.92 Å². The van der Waals surface area contributed by atoms with Crippen LogP contribution in [0.15, 0.2) is 36.4 Å². The number of ether oxygens (including phenoxy) is 4. The Balaban J connectivity index is 2.14. The van der Waals surface area contributed by atoms with Gasteiger partial charge in [0.1, 0.15) is 6.29 Å². The SMILES string of the molecule is COc1ccc(CC(C=O)Cc2ccc(OC)c(OC)c2)cc1OC. The molecule has 2 aromatic rings. The van der Waals surface area contributed by atoms with Crippen LogP contribution in [-0.4, -0.2) is 34.7 Å². The molecule has 0 bridgehead atoms. The number of hydrogen-bond acceptors (Lipinski definition) is 5. The zero-order valence-electron chi connectivity index (χ0n) is 15.1. The molecule has 25 heavy (non-hydrogen) atoms. The molecule has 0 aliphatic carbocycles. The smallest absolute Gasteiger partial charge is 0.160 e. The average molecular weight is 344 g/mol. The van der Waals surface area contributed by atoms with Gasteiger partial charge in [-0.25, -0.2) is 0 Å². The number of benzene rings is 2. The molecule has 0 saturated heterocycles. The van der Waals surface area contributed by atoms with E-state index in [9.17, 15) is 4.79 Å². The maximum Gasteiger partial charge on any atom is 0.160 e. The van der Waals surface area contributed by atoms with Crippen LogP contribution in [0.3, 0.4) is 0 Å². The summed E-state index contributed by atoms with van der Waals surface area (Å²) in [6, 6.07) is 11.4. The summed E-state index contributed by atoms with van der Waals surface area (Å²) in [5.41, 5.74) is 2.05. The molecule has 0 spiro atoms. The van der Waals surface area contributed by atoms with Gasteiger partial charge in [0.15, 0.2) is 23.0 Å². The molecular weight excluding hydrogens is 320 g/mol. The largest absolute Gasteiger partial charge is 0.493 e. The van der Waals surface area contributed by atoms with E-state index in [1.807, 2.05) is 36.4 Å². The van der Waals surface area contributed by atoms with Gasteiger partial charge in [-0.2, -0.15) is 0 Å². The summed E-state index contributed by atoms with van der Waals surface area (Å²) in [5.74, 6) is 2.53. The van der Waals surface area contributed by atoms with E-state index in [4.69, 9.17) is 18.9 Å². The molecule has 0 aliphatic heterocycles. The zero-order valence-corrected chi connectivity index (χ0v) is 15.1. The van der Waals surface area contributed by atoms with E-state index < -0.39 is 0 Å². The molecule has 0 radical (unpaired) electrons. The van der Waals surface area contributed by atoms with Crippen molar-refractivity contribution in [2.45, 2.75) is 12.8 Å². The van der Waals surface area contributed by atoms with E-state index in [0.717, 1.165) is 17.4 Å².